The average molecular weight is 417 g/mol. The predicted octanol–water partition coefficient (Wildman–Crippen LogP) is 5.94. The molecule has 0 aliphatic heterocycles. The molecule has 0 aliphatic carbocycles. The second-order valence-corrected chi connectivity index (χ2v) is 6.70. The van der Waals surface area contributed by atoms with Crippen LogP contribution in [-0.2, 0) is 18.0 Å². The molecule has 4 nitrogen and oxygen atoms in total. The van der Waals surface area contributed by atoms with Gasteiger partial charge in [0.05, 0.1) is 12.1 Å². The normalized spacial score (nSPS) is 10.4. The third-order valence-electron chi connectivity index (χ3n) is 4.05. The van der Waals surface area contributed by atoms with Crippen LogP contribution >= 0.6 is 23.2 Å². The summed E-state index contributed by atoms with van der Waals surface area (Å²) >= 11 is 12.4. The molecule has 0 radical (unpaired) electrons. The third-order valence-corrected chi connectivity index (χ3v) is 4.73. The van der Waals surface area contributed by atoms with E-state index in [4.69, 9.17) is 37.4 Å². The van der Waals surface area contributed by atoms with Crippen molar-refractivity contribution >= 4 is 29.2 Å². The zero-order valence-corrected chi connectivity index (χ0v) is 16.7. The first-order valence-corrected chi connectivity index (χ1v) is 9.29. The van der Waals surface area contributed by atoms with Gasteiger partial charge in [0, 0.05) is 16.1 Å². The molecule has 0 aromatic heterocycles. The summed E-state index contributed by atoms with van der Waals surface area (Å²) in [7, 11) is 1.33. The molecule has 0 bridgehead atoms. The Hall–Kier alpha value is -2.69. The molecule has 28 heavy (non-hydrogen) atoms. The fourth-order valence-electron chi connectivity index (χ4n) is 2.62. The van der Waals surface area contributed by atoms with Gasteiger partial charge in [-0.25, -0.2) is 4.79 Å². The molecule has 0 atom stereocenters. The van der Waals surface area contributed by atoms with Gasteiger partial charge in [-0.15, -0.1) is 0 Å². The fourth-order valence-corrected chi connectivity index (χ4v) is 3.00. The third kappa shape index (κ3) is 4.77. The van der Waals surface area contributed by atoms with Crippen LogP contribution in [-0.4, -0.2) is 13.1 Å². The largest absolute Gasteiger partial charge is 0.488 e. The summed E-state index contributed by atoms with van der Waals surface area (Å²) < 4.78 is 16.7. The topological polar surface area (TPSA) is 44.8 Å². The number of carbonyl (C=O) groups excluding carboxylic acids is 1. The van der Waals surface area contributed by atoms with Crippen molar-refractivity contribution in [3.8, 4) is 11.5 Å². The van der Waals surface area contributed by atoms with E-state index in [-0.39, 0.29) is 13.2 Å². The van der Waals surface area contributed by atoms with Crippen LogP contribution in [0.15, 0.2) is 66.7 Å². The molecular weight excluding hydrogens is 399 g/mol. The summed E-state index contributed by atoms with van der Waals surface area (Å²) in [5, 5.41) is 1.09. The minimum Gasteiger partial charge on any atom is -0.488 e. The Bertz CT molecular complexity index is 972. The van der Waals surface area contributed by atoms with Crippen molar-refractivity contribution in [2.45, 2.75) is 13.2 Å². The molecule has 3 rings (SSSR count). The molecule has 0 amide bonds. The van der Waals surface area contributed by atoms with Crippen LogP contribution in [0.1, 0.15) is 21.5 Å². The molecule has 0 spiro atoms. The van der Waals surface area contributed by atoms with Crippen molar-refractivity contribution in [2.24, 2.45) is 0 Å². The molecule has 0 saturated carbocycles. The maximum atomic E-state index is 12.2. The van der Waals surface area contributed by atoms with E-state index in [1.54, 1.807) is 30.3 Å². The quantitative estimate of drug-likeness (QED) is 0.447. The van der Waals surface area contributed by atoms with E-state index >= 15 is 0 Å². The van der Waals surface area contributed by atoms with E-state index in [9.17, 15) is 4.79 Å². The van der Waals surface area contributed by atoms with Gasteiger partial charge in [-0.3, -0.25) is 0 Å². The maximum Gasteiger partial charge on any atom is 0.341 e. The summed E-state index contributed by atoms with van der Waals surface area (Å²) in [5.74, 6) is 0.444. The highest BCUT2D eigenvalue weighted by Gasteiger charge is 2.18. The van der Waals surface area contributed by atoms with E-state index in [1.165, 1.54) is 7.11 Å². The highest BCUT2D eigenvalue weighted by atomic mass is 35.5. The van der Waals surface area contributed by atoms with Crippen LogP contribution in [0.2, 0.25) is 10.0 Å². The van der Waals surface area contributed by atoms with E-state index in [0.717, 1.165) is 5.56 Å². The number of hydrogen-bond acceptors (Lipinski definition) is 4. The van der Waals surface area contributed by atoms with Gasteiger partial charge < -0.3 is 14.2 Å². The summed E-state index contributed by atoms with van der Waals surface area (Å²) in [5.41, 5.74) is 1.81. The number of esters is 1. The lowest BCUT2D eigenvalue weighted by atomic mass is 10.1. The number of benzene rings is 3. The fraction of sp³-hybridized carbons (Fsp3) is 0.136. The first kappa shape index (κ1) is 20.1. The lowest BCUT2D eigenvalue weighted by Crippen LogP contribution is -2.09. The first-order chi connectivity index (χ1) is 13.6. The van der Waals surface area contributed by atoms with Gasteiger partial charge in [0.15, 0.2) is 0 Å². The van der Waals surface area contributed by atoms with E-state index in [1.807, 2.05) is 36.4 Å². The van der Waals surface area contributed by atoms with Crippen molar-refractivity contribution in [3.05, 3.63) is 93.5 Å². The second kappa shape index (κ2) is 9.49. The molecule has 0 fully saturated rings. The smallest absolute Gasteiger partial charge is 0.341 e. The van der Waals surface area contributed by atoms with Gasteiger partial charge in [0.25, 0.3) is 0 Å². The zero-order valence-electron chi connectivity index (χ0n) is 15.2. The summed E-state index contributed by atoms with van der Waals surface area (Å²) in [6.07, 6.45) is 0. The van der Waals surface area contributed by atoms with Gasteiger partial charge in [-0.1, -0.05) is 65.7 Å². The number of para-hydroxylation sites is 2. The molecule has 0 unspecified atom stereocenters. The average Bonchev–Trinajstić information content (AvgIpc) is 2.72. The minimum absolute atomic E-state index is 0.173. The SMILES string of the molecule is COC(=O)c1cccc(COc2ccccc2Cl)c1OCc1ccccc1Cl. The summed E-state index contributed by atoms with van der Waals surface area (Å²) in [6.45, 7) is 0.374. The monoisotopic (exact) mass is 416 g/mol. The number of hydrogen-bond donors (Lipinski definition) is 0. The number of methoxy groups -OCH3 is 1. The number of ether oxygens (including phenoxy) is 3. The van der Waals surface area contributed by atoms with Gasteiger partial charge in [-0.05, 0) is 24.3 Å². The summed E-state index contributed by atoms with van der Waals surface area (Å²) in [4.78, 5) is 12.2. The summed E-state index contributed by atoms with van der Waals surface area (Å²) in [6, 6.07) is 19.8. The molecule has 0 heterocycles. The number of halogens is 2. The van der Waals surface area contributed by atoms with Gasteiger partial charge in [-0.2, -0.15) is 0 Å². The van der Waals surface area contributed by atoms with Crippen molar-refractivity contribution in [1.29, 1.82) is 0 Å². The number of carbonyl (C=O) groups is 1. The first-order valence-electron chi connectivity index (χ1n) is 8.54. The Morgan fingerprint density at radius 2 is 1.43 bits per heavy atom. The van der Waals surface area contributed by atoms with Crippen LogP contribution in [0.5, 0.6) is 11.5 Å². The van der Waals surface area contributed by atoms with Gasteiger partial charge in [0.2, 0.25) is 0 Å². The molecule has 0 N–H and O–H groups in total. The lowest BCUT2D eigenvalue weighted by molar-refractivity contribution is 0.0595. The Labute approximate surface area is 173 Å². The van der Waals surface area contributed by atoms with Crippen LogP contribution in [0.4, 0.5) is 0 Å². The van der Waals surface area contributed by atoms with Crippen molar-refractivity contribution in [1.82, 2.24) is 0 Å². The highest BCUT2D eigenvalue weighted by molar-refractivity contribution is 6.32. The molecule has 0 aliphatic rings. The van der Waals surface area contributed by atoms with Crippen LogP contribution in [0, 0.1) is 0 Å². The predicted molar refractivity (Wildman–Crippen MR) is 109 cm³/mol. The molecular formula is C22H18Cl2O4. The Kier molecular flexibility index (Phi) is 6.80. The lowest BCUT2D eigenvalue weighted by Gasteiger charge is -2.16. The Morgan fingerprint density at radius 3 is 2.14 bits per heavy atom. The van der Waals surface area contributed by atoms with Crippen molar-refractivity contribution < 1.29 is 19.0 Å². The maximum absolute atomic E-state index is 12.2. The van der Waals surface area contributed by atoms with Crippen LogP contribution < -0.4 is 9.47 Å². The van der Waals surface area contributed by atoms with Gasteiger partial charge in [0.1, 0.15) is 30.3 Å². The highest BCUT2D eigenvalue weighted by Crippen LogP contribution is 2.30. The van der Waals surface area contributed by atoms with E-state index in [2.05, 4.69) is 0 Å². The van der Waals surface area contributed by atoms with Crippen LogP contribution in [0.3, 0.4) is 0 Å². The number of rotatable bonds is 7. The zero-order chi connectivity index (χ0) is 19.9. The van der Waals surface area contributed by atoms with Crippen molar-refractivity contribution in [2.75, 3.05) is 7.11 Å². The van der Waals surface area contributed by atoms with Crippen molar-refractivity contribution in [3.63, 3.8) is 0 Å². The molecule has 3 aromatic rings. The standard InChI is InChI=1S/C22H18Cl2O4/c1-26-22(25)17-9-6-8-16(14-27-20-12-5-4-11-19(20)24)21(17)28-13-15-7-2-3-10-18(15)23/h2-12H,13-14H2,1H3. The van der Waals surface area contributed by atoms with Crippen LogP contribution in [0.25, 0.3) is 0 Å². The molecule has 6 heteroatoms. The molecule has 144 valence electrons. The molecule has 0 saturated heterocycles. The Balaban J connectivity index is 1.87. The van der Waals surface area contributed by atoms with Gasteiger partial charge >= 0.3 is 5.97 Å². The van der Waals surface area contributed by atoms with E-state index in [0.29, 0.717) is 32.7 Å². The Morgan fingerprint density at radius 1 is 0.786 bits per heavy atom. The second-order valence-electron chi connectivity index (χ2n) is 5.88. The van der Waals surface area contributed by atoms with E-state index < -0.39 is 5.97 Å². The minimum atomic E-state index is -0.492. The molecule has 3 aromatic carbocycles.